The van der Waals surface area contributed by atoms with Crippen molar-refractivity contribution in [1.82, 2.24) is 19.9 Å². The molecule has 29 heavy (non-hydrogen) atoms. The topological polar surface area (TPSA) is 145 Å². The summed E-state index contributed by atoms with van der Waals surface area (Å²) in [6.07, 6.45) is 8.39. The fourth-order valence-electron chi connectivity index (χ4n) is 3.45. The Labute approximate surface area is 166 Å². The van der Waals surface area contributed by atoms with Gasteiger partial charge in [0.25, 0.3) is 5.91 Å². The number of nitrogens with one attached hydrogen (secondary N) is 2. The molecule has 0 saturated heterocycles. The van der Waals surface area contributed by atoms with Gasteiger partial charge >= 0.3 is 0 Å². The monoisotopic (exact) mass is 396 g/mol. The number of nitrogens with zero attached hydrogens (tertiary/aromatic N) is 4. The molecule has 3 heterocycles. The maximum absolute atomic E-state index is 14.6. The third-order valence-electron chi connectivity index (χ3n) is 4.97. The Morgan fingerprint density at radius 3 is 2.69 bits per heavy atom. The van der Waals surface area contributed by atoms with Crippen molar-refractivity contribution < 1.29 is 9.18 Å². The van der Waals surface area contributed by atoms with Crippen molar-refractivity contribution in [3.63, 3.8) is 0 Å². The predicted molar refractivity (Wildman–Crippen MR) is 107 cm³/mol. The number of halogens is 1. The van der Waals surface area contributed by atoms with E-state index in [0.29, 0.717) is 16.9 Å². The Hall–Kier alpha value is -3.40. The molecule has 2 atom stereocenters. The molecule has 0 radical (unpaired) electrons. The first kappa shape index (κ1) is 18.9. The number of amides is 1. The van der Waals surface area contributed by atoms with Crippen LogP contribution in [0.15, 0.2) is 30.7 Å². The molecule has 3 aromatic heterocycles. The third kappa shape index (κ3) is 4.06. The lowest BCUT2D eigenvalue weighted by atomic mass is 9.91. The molecule has 0 bridgehead atoms. The number of carbonyl (C=O) groups excluding carboxylic acids is 1. The van der Waals surface area contributed by atoms with Gasteiger partial charge < -0.3 is 22.1 Å². The van der Waals surface area contributed by atoms with Crippen molar-refractivity contribution in [3.05, 3.63) is 42.1 Å². The molecule has 1 aliphatic carbocycles. The highest BCUT2D eigenvalue weighted by Gasteiger charge is 2.24. The van der Waals surface area contributed by atoms with E-state index >= 15 is 0 Å². The van der Waals surface area contributed by atoms with Crippen molar-refractivity contribution in [3.8, 4) is 0 Å². The van der Waals surface area contributed by atoms with Gasteiger partial charge in [0.15, 0.2) is 17.3 Å². The average molecular weight is 396 g/mol. The van der Waals surface area contributed by atoms with Crippen LogP contribution in [0.1, 0.15) is 36.0 Å². The van der Waals surface area contributed by atoms with Crippen LogP contribution in [-0.2, 0) is 0 Å². The summed E-state index contributed by atoms with van der Waals surface area (Å²) in [6.45, 7) is 0. The number of primary amides is 1. The largest absolute Gasteiger partial charge is 0.365 e. The standard InChI is InChI=1S/C19H21FN8O/c20-12-8-11(16(22)29)17(28-18(12)27-14-4-2-1-3-13(14)21)26-10-7-15-19(25-9-10)24-6-5-23-15/h5-9,13-14H,1-4,21H2,(H2,22,29)(H2,26,27,28)/t13-,14+/m0/s1. The van der Waals surface area contributed by atoms with Crippen molar-refractivity contribution in [2.24, 2.45) is 11.5 Å². The summed E-state index contributed by atoms with van der Waals surface area (Å²) in [7, 11) is 0. The highest BCUT2D eigenvalue weighted by molar-refractivity contribution is 5.98. The Kier molecular flexibility index (Phi) is 5.17. The first-order chi connectivity index (χ1) is 14.0. The van der Waals surface area contributed by atoms with Crippen LogP contribution in [0.2, 0.25) is 0 Å². The van der Waals surface area contributed by atoms with E-state index < -0.39 is 11.7 Å². The summed E-state index contributed by atoms with van der Waals surface area (Å²) in [5.74, 6) is -1.32. The minimum absolute atomic E-state index is 0.0217. The zero-order valence-corrected chi connectivity index (χ0v) is 15.6. The van der Waals surface area contributed by atoms with E-state index in [1.54, 1.807) is 18.5 Å². The molecule has 0 spiro atoms. The van der Waals surface area contributed by atoms with Crippen molar-refractivity contribution in [2.45, 2.75) is 37.8 Å². The van der Waals surface area contributed by atoms with Gasteiger partial charge in [-0.2, -0.15) is 0 Å². The maximum atomic E-state index is 14.6. The Morgan fingerprint density at radius 1 is 1.10 bits per heavy atom. The van der Waals surface area contributed by atoms with Crippen molar-refractivity contribution in [1.29, 1.82) is 0 Å². The van der Waals surface area contributed by atoms with Gasteiger partial charge in [-0.05, 0) is 25.0 Å². The van der Waals surface area contributed by atoms with Crippen LogP contribution in [0, 0.1) is 5.82 Å². The van der Waals surface area contributed by atoms with Gasteiger partial charge in [0.05, 0.1) is 17.4 Å². The molecule has 6 N–H and O–H groups in total. The zero-order chi connectivity index (χ0) is 20.4. The minimum Gasteiger partial charge on any atom is -0.365 e. The number of fused-ring (bicyclic) bond motifs is 1. The first-order valence-electron chi connectivity index (χ1n) is 9.37. The van der Waals surface area contributed by atoms with Crippen LogP contribution in [0.3, 0.4) is 0 Å². The molecule has 1 saturated carbocycles. The molecule has 150 valence electrons. The molecule has 0 aromatic carbocycles. The predicted octanol–water partition coefficient (Wildman–Crippen LogP) is 2.08. The number of hydrogen-bond donors (Lipinski definition) is 4. The van der Waals surface area contributed by atoms with Crippen LogP contribution in [0.5, 0.6) is 0 Å². The van der Waals surface area contributed by atoms with E-state index in [2.05, 4.69) is 30.6 Å². The minimum atomic E-state index is -0.798. The number of carbonyl (C=O) groups is 1. The van der Waals surface area contributed by atoms with Crippen LogP contribution >= 0.6 is 0 Å². The fraction of sp³-hybridized carbons (Fsp3) is 0.316. The highest BCUT2D eigenvalue weighted by atomic mass is 19.1. The summed E-state index contributed by atoms with van der Waals surface area (Å²) >= 11 is 0. The summed E-state index contributed by atoms with van der Waals surface area (Å²) in [5, 5.41) is 6.06. The second-order valence-electron chi connectivity index (χ2n) is 7.03. The lowest BCUT2D eigenvalue weighted by Crippen LogP contribution is -2.43. The van der Waals surface area contributed by atoms with E-state index in [1.165, 1.54) is 6.20 Å². The molecule has 1 amide bonds. The number of anilines is 3. The second-order valence-corrected chi connectivity index (χ2v) is 7.03. The normalized spacial score (nSPS) is 19.1. The van der Waals surface area contributed by atoms with Gasteiger partial charge in [-0.15, -0.1) is 0 Å². The van der Waals surface area contributed by atoms with E-state index in [-0.39, 0.29) is 29.3 Å². The Bertz CT molecular complexity index is 1060. The molecular weight excluding hydrogens is 375 g/mol. The fourth-order valence-corrected chi connectivity index (χ4v) is 3.45. The van der Waals surface area contributed by atoms with Crippen LogP contribution in [-0.4, -0.2) is 37.9 Å². The van der Waals surface area contributed by atoms with Gasteiger partial charge in [-0.25, -0.2) is 19.3 Å². The molecular formula is C19H21FN8O. The zero-order valence-electron chi connectivity index (χ0n) is 15.6. The van der Waals surface area contributed by atoms with Crippen molar-refractivity contribution >= 4 is 34.4 Å². The summed E-state index contributed by atoms with van der Waals surface area (Å²) in [4.78, 5) is 28.6. The SMILES string of the molecule is NC(=O)c1cc(F)c(N[C@@H]2CCCC[C@@H]2N)nc1Nc1cnc2nccnc2c1. The number of pyridine rings is 2. The Morgan fingerprint density at radius 2 is 1.90 bits per heavy atom. The van der Waals surface area contributed by atoms with E-state index in [4.69, 9.17) is 11.5 Å². The maximum Gasteiger partial charge on any atom is 0.252 e. The molecule has 3 aromatic rings. The molecule has 4 rings (SSSR count). The van der Waals surface area contributed by atoms with Crippen molar-refractivity contribution in [2.75, 3.05) is 10.6 Å². The van der Waals surface area contributed by atoms with Gasteiger partial charge in [-0.1, -0.05) is 12.8 Å². The average Bonchev–Trinajstić information content (AvgIpc) is 2.71. The molecule has 9 nitrogen and oxygen atoms in total. The smallest absolute Gasteiger partial charge is 0.252 e. The van der Waals surface area contributed by atoms with Gasteiger partial charge in [-0.3, -0.25) is 9.78 Å². The van der Waals surface area contributed by atoms with E-state index in [9.17, 15) is 9.18 Å². The van der Waals surface area contributed by atoms with Gasteiger partial charge in [0, 0.05) is 24.5 Å². The van der Waals surface area contributed by atoms with E-state index in [1.807, 2.05) is 0 Å². The number of aromatic nitrogens is 4. The first-order valence-corrected chi connectivity index (χ1v) is 9.37. The molecule has 1 fully saturated rings. The highest BCUT2D eigenvalue weighted by Crippen LogP contribution is 2.27. The number of hydrogen-bond acceptors (Lipinski definition) is 8. The van der Waals surface area contributed by atoms with Crippen LogP contribution < -0.4 is 22.1 Å². The summed E-state index contributed by atoms with van der Waals surface area (Å²) < 4.78 is 14.6. The molecule has 0 unspecified atom stereocenters. The summed E-state index contributed by atoms with van der Waals surface area (Å²) in [5.41, 5.74) is 13.1. The number of rotatable bonds is 5. The number of nitrogens with two attached hydrogens (primary N) is 2. The second kappa shape index (κ2) is 7.92. The van der Waals surface area contributed by atoms with Crippen LogP contribution in [0.4, 0.5) is 21.7 Å². The molecule has 10 heteroatoms. The van der Waals surface area contributed by atoms with E-state index in [0.717, 1.165) is 31.7 Å². The summed E-state index contributed by atoms with van der Waals surface area (Å²) in [6, 6.07) is 2.61. The lowest BCUT2D eigenvalue weighted by Gasteiger charge is -2.30. The van der Waals surface area contributed by atoms with Gasteiger partial charge in [0.2, 0.25) is 0 Å². The molecule has 1 aliphatic rings. The Balaban J connectivity index is 1.67. The lowest BCUT2D eigenvalue weighted by molar-refractivity contribution is 0.100. The quantitative estimate of drug-likeness (QED) is 0.513. The van der Waals surface area contributed by atoms with Crippen LogP contribution in [0.25, 0.3) is 11.2 Å². The van der Waals surface area contributed by atoms with Gasteiger partial charge in [0.1, 0.15) is 11.3 Å². The third-order valence-corrected chi connectivity index (χ3v) is 4.97. The molecule has 0 aliphatic heterocycles.